The molecule has 0 saturated carbocycles. The van der Waals surface area contributed by atoms with Gasteiger partial charge in [0.1, 0.15) is 0 Å². The maximum absolute atomic E-state index is 11.6. The van der Waals surface area contributed by atoms with E-state index in [2.05, 4.69) is 36.4 Å². The number of hydrogen-bond donors (Lipinski definition) is 1. The fraction of sp³-hybridized carbons (Fsp3) is 0.385. The van der Waals surface area contributed by atoms with Gasteiger partial charge in [0.05, 0.1) is 17.7 Å². The molecular weight excluding hydrogens is 535 g/mol. The molecule has 0 aliphatic carbocycles. The van der Waals surface area contributed by atoms with Gasteiger partial charge < -0.3 is 9.84 Å². The van der Waals surface area contributed by atoms with Crippen LogP contribution in [-0.4, -0.2) is 40.7 Å². The van der Waals surface area contributed by atoms with Crippen molar-refractivity contribution in [3.05, 3.63) is 70.8 Å². The number of alkyl halides is 1. The van der Waals surface area contributed by atoms with Crippen molar-refractivity contribution in [1.29, 1.82) is 0 Å². The zero-order valence-corrected chi connectivity index (χ0v) is 21.5. The molecule has 0 bridgehead atoms. The van der Waals surface area contributed by atoms with E-state index in [1.54, 1.807) is 36.4 Å². The summed E-state index contributed by atoms with van der Waals surface area (Å²) in [7, 11) is 0. The average Bonchev–Trinajstić information content (AvgIpc) is 2.85. The third-order valence-electron chi connectivity index (χ3n) is 4.34. The molecule has 0 unspecified atom stereocenters. The first-order valence-electron chi connectivity index (χ1n) is 11.0. The van der Waals surface area contributed by atoms with Gasteiger partial charge in [-0.2, -0.15) is 0 Å². The number of carbonyl (C=O) groups is 4. The van der Waals surface area contributed by atoms with Gasteiger partial charge in [-0.1, -0.05) is 98.5 Å². The van der Waals surface area contributed by atoms with E-state index < -0.39 is 11.9 Å². The van der Waals surface area contributed by atoms with Crippen LogP contribution in [0.1, 0.15) is 93.8 Å². The molecule has 0 aliphatic heterocycles. The summed E-state index contributed by atoms with van der Waals surface area (Å²) in [6.07, 6.45) is 8.35. The van der Waals surface area contributed by atoms with Gasteiger partial charge in [-0.05, 0) is 29.4 Å². The Bertz CT molecular complexity index is 846. The Kier molecular flexibility index (Phi) is 18.5. The normalized spacial score (nSPS) is 9.42. The van der Waals surface area contributed by atoms with Gasteiger partial charge in [-0.3, -0.25) is 9.59 Å². The van der Waals surface area contributed by atoms with Gasteiger partial charge in [0.2, 0.25) is 0 Å². The first-order chi connectivity index (χ1) is 16.0. The maximum atomic E-state index is 11.6. The highest BCUT2D eigenvalue weighted by Gasteiger charge is 2.11. The molecule has 0 amide bonds. The maximum Gasteiger partial charge on any atom is 0.338 e. The van der Waals surface area contributed by atoms with Crippen LogP contribution in [-0.2, 0) is 4.74 Å². The highest BCUT2D eigenvalue weighted by atomic mass is 127. The average molecular weight is 568 g/mol. The molecule has 2 aromatic rings. The van der Waals surface area contributed by atoms with Crippen LogP contribution in [0.15, 0.2) is 48.5 Å². The van der Waals surface area contributed by atoms with E-state index in [0.29, 0.717) is 30.3 Å². The molecule has 0 aromatic heterocycles. The summed E-state index contributed by atoms with van der Waals surface area (Å²) in [5.74, 6) is -1.49. The summed E-state index contributed by atoms with van der Waals surface area (Å²) in [6.45, 7) is 4.73. The fourth-order valence-corrected chi connectivity index (χ4v) is 3.06. The SMILES string of the molecule is CCCCCI.CCCCCOC(=O)c1ccccc1C=O.O=Cc1ccccc1C(=O)O. The van der Waals surface area contributed by atoms with Crippen molar-refractivity contribution in [2.75, 3.05) is 11.0 Å². The molecule has 0 atom stereocenters. The minimum absolute atomic E-state index is 0.0440. The number of esters is 1. The van der Waals surface area contributed by atoms with Crippen LogP contribution < -0.4 is 0 Å². The van der Waals surface area contributed by atoms with Crippen LogP contribution >= 0.6 is 22.6 Å². The van der Waals surface area contributed by atoms with E-state index in [9.17, 15) is 19.2 Å². The summed E-state index contributed by atoms with van der Waals surface area (Å²) in [6, 6.07) is 12.7. The second kappa shape index (κ2) is 20.1. The van der Waals surface area contributed by atoms with Crippen molar-refractivity contribution in [2.24, 2.45) is 0 Å². The molecule has 0 aliphatic rings. The summed E-state index contributed by atoms with van der Waals surface area (Å²) in [5.41, 5.74) is 0.972. The number of carboxylic acid groups (broad SMARTS) is 1. The van der Waals surface area contributed by atoms with Crippen LogP contribution in [0.4, 0.5) is 0 Å². The predicted octanol–water partition coefficient (Wildman–Crippen LogP) is 6.66. The number of halogens is 1. The van der Waals surface area contributed by atoms with Gasteiger partial charge >= 0.3 is 11.9 Å². The topological polar surface area (TPSA) is 97.7 Å². The lowest BCUT2D eigenvalue weighted by molar-refractivity contribution is 0.0495. The third-order valence-corrected chi connectivity index (χ3v) is 5.11. The molecule has 2 aromatic carbocycles. The van der Waals surface area contributed by atoms with Gasteiger partial charge in [0.25, 0.3) is 0 Å². The monoisotopic (exact) mass is 568 g/mol. The molecule has 1 N–H and O–H groups in total. The number of carbonyl (C=O) groups excluding carboxylic acids is 3. The lowest BCUT2D eigenvalue weighted by Gasteiger charge is -2.05. The van der Waals surface area contributed by atoms with Crippen molar-refractivity contribution in [1.82, 2.24) is 0 Å². The van der Waals surface area contributed by atoms with E-state index in [-0.39, 0.29) is 11.1 Å². The Morgan fingerprint density at radius 2 is 1.30 bits per heavy atom. The number of aromatic carboxylic acids is 1. The molecule has 0 spiro atoms. The highest BCUT2D eigenvalue weighted by molar-refractivity contribution is 14.1. The van der Waals surface area contributed by atoms with E-state index in [4.69, 9.17) is 9.84 Å². The quantitative estimate of drug-likeness (QED) is 0.107. The van der Waals surface area contributed by atoms with Gasteiger partial charge in [-0.15, -0.1) is 0 Å². The van der Waals surface area contributed by atoms with Crippen molar-refractivity contribution in [2.45, 2.75) is 52.4 Å². The standard InChI is InChI=1S/C13H16O3.C8H6O3.C5H11I/c1-2-3-6-9-16-13(15)12-8-5-4-7-11(12)10-14;9-5-6-3-1-2-4-7(6)8(10)11;1-2-3-4-5-6/h4-5,7-8,10H,2-3,6,9H2,1H3;1-5H,(H,10,11);2-5H2,1H3. The summed E-state index contributed by atoms with van der Waals surface area (Å²) in [5, 5.41) is 8.54. The smallest absolute Gasteiger partial charge is 0.338 e. The third kappa shape index (κ3) is 13.6. The lowest BCUT2D eigenvalue weighted by Crippen LogP contribution is -2.09. The van der Waals surface area contributed by atoms with Crippen LogP contribution in [0.5, 0.6) is 0 Å². The Hall–Kier alpha value is -2.55. The van der Waals surface area contributed by atoms with E-state index in [0.717, 1.165) is 19.3 Å². The zero-order valence-electron chi connectivity index (χ0n) is 19.3. The fourth-order valence-electron chi connectivity index (χ4n) is 2.52. The number of hydrogen-bond acceptors (Lipinski definition) is 5. The highest BCUT2D eigenvalue weighted by Crippen LogP contribution is 2.08. The minimum Gasteiger partial charge on any atom is -0.478 e. The molecule has 0 saturated heterocycles. The number of rotatable bonds is 11. The number of aldehydes is 2. The van der Waals surface area contributed by atoms with Gasteiger partial charge in [-0.25, -0.2) is 9.59 Å². The minimum atomic E-state index is -1.08. The zero-order chi connectivity index (χ0) is 24.9. The molecule has 180 valence electrons. The van der Waals surface area contributed by atoms with Crippen LogP contribution in [0.25, 0.3) is 0 Å². The van der Waals surface area contributed by atoms with Crippen LogP contribution in [0.3, 0.4) is 0 Å². The Balaban J connectivity index is 0.000000520. The van der Waals surface area contributed by atoms with E-state index in [1.165, 1.54) is 35.8 Å². The molecule has 33 heavy (non-hydrogen) atoms. The predicted molar refractivity (Wildman–Crippen MR) is 139 cm³/mol. The molecule has 0 heterocycles. The molecule has 2 rings (SSSR count). The Morgan fingerprint density at radius 3 is 1.73 bits per heavy atom. The van der Waals surface area contributed by atoms with Crippen LogP contribution in [0, 0.1) is 0 Å². The van der Waals surface area contributed by atoms with Crippen molar-refractivity contribution >= 4 is 47.1 Å². The van der Waals surface area contributed by atoms with E-state index >= 15 is 0 Å². The number of ether oxygens (including phenoxy) is 1. The number of unbranched alkanes of at least 4 members (excludes halogenated alkanes) is 4. The summed E-state index contributed by atoms with van der Waals surface area (Å²) in [4.78, 5) is 43.0. The van der Waals surface area contributed by atoms with E-state index in [1.807, 2.05) is 0 Å². The van der Waals surface area contributed by atoms with Crippen molar-refractivity contribution in [3.63, 3.8) is 0 Å². The molecule has 7 heteroatoms. The molecule has 6 nitrogen and oxygen atoms in total. The summed E-state index contributed by atoms with van der Waals surface area (Å²) < 4.78 is 6.40. The lowest BCUT2D eigenvalue weighted by atomic mass is 10.1. The molecule has 0 fully saturated rings. The van der Waals surface area contributed by atoms with Crippen molar-refractivity contribution in [3.8, 4) is 0 Å². The number of benzene rings is 2. The number of carboxylic acids is 1. The molecular formula is C26H33IO6. The van der Waals surface area contributed by atoms with Crippen molar-refractivity contribution < 1.29 is 29.0 Å². The second-order valence-corrected chi connectivity index (χ2v) is 8.03. The Labute approximate surface area is 209 Å². The summed E-state index contributed by atoms with van der Waals surface area (Å²) >= 11 is 2.41. The molecule has 0 radical (unpaired) electrons. The van der Waals surface area contributed by atoms with Gasteiger partial charge in [0, 0.05) is 11.1 Å². The second-order valence-electron chi connectivity index (χ2n) is 6.95. The Morgan fingerprint density at radius 1 is 0.818 bits per heavy atom. The first kappa shape index (κ1) is 30.4. The first-order valence-corrected chi connectivity index (χ1v) is 12.5. The van der Waals surface area contributed by atoms with Crippen LogP contribution in [0.2, 0.25) is 0 Å². The largest absolute Gasteiger partial charge is 0.478 e. The van der Waals surface area contributed by atoms with Gasteiger partial charge in [0.15, 0.2) is 12.6 Å².